The molecular formula is C25H29N3O3S. The second kappa shape index (κ2) is 9.71. The Morgan fingerprint density at radius 3 is 2.78 bits per heavy atom. The van der Waals surface area contributed by atoms with Crippen LogP contribution in [0.3, 0.4) is 0 Å². The Kier molecular flexibility index (Phi) is 6.77. The fourth-order valence-electron chi connectivity index (χ4n) is 3.97. The molecule has 168 valence electrons. The van der Waals surface area contributed by atoms with E-state index in [9.17, 15) is 4.79 Å². The van der Waals surface area contributed by atoms with E-state index in [1.54, 1.807) is 24.1 Å². The summed E-state index contributed by atoms with van der Waals surface area (Å²) in [5.41, 5.74) is 2.34. The maximum absolute atomic E-state index is 13.2. The molecule has 0 bridgehead atoms. The van der Waals surface area contributed by atoms with Crippen LogP contribution >= 0.6 is 11.3 Å². The summed E-state index contributed by atoms with van der Waals surface area (Å²) < 4.78 is 13.8. The zero-order chi connectivity index (χ0) is 22.7. The van der Waals surface area contributed by atoms with Gasteiger partial charge < -0.3 is 9.47 Å². The first-order valence-corrected chi connectivity index (χ1v) is 11.7. The average Bonchev–Trinajstić information content (AvgIpc) is 3.48. The fraction of sp³-hybridized carbons (Fsp3) is 0.360. The molecule has 3 aromatic rings. The van der Waals surface area contributed by atoms with Crippen LogP contribution in [0.1, 0.15) is 31.6 Å². The fourth-order valence-corrected chi connectivity index (χ4v) is 4.99. The molecule has 0 spiro atoms. The molecule has 1 unspecified atom stereocenters. The first-order valence-electron chi connectivity index (χ1n) is 10.9. The maximum atomic E-state index is 13.2. The number of ether oxygens (including phenoxy) is 2. The van der Waals surface area contributed by atoms with E-state index in [1.165, 1.54) is 24.2 Å². The van der Waals surface area contributed by atoms with Gasteiger partial charge in [0, 0.05) is 17.0 Å². The third kappa shape index (κ3) is 4.49. The summed E-state index contributed by atoms with van der Waals surface area (Å²) in [7, 11) is 1.61. The van der Waals surface area contributed by atoms with Crippen molar-refractivity contribution in [2.75, 3.05) is 26.8 Å². The van der Waals surface area contributed by atoms with Gasteiger partial charge in [-0.1, -0.05) is 18.7 Å². The highest BCUT2D eigenvalue weighted by Crippen LogP contribution is 2.31. The number of thiophene rings is 1. The number of allylic oxidation sites excluding steroid dienone is 3. The van der Waals surface area contributed by atoms with Crippen LogP contribution in [0.25, 0.3) is 21.5 Å². The van der Waals surface area contributed by atoms with Crippen LogP contribution in [-0.4, -0.2) is 47.3 Å². The van der Waals surface area contributed by atoms with Crippen molar-refractivity contribution in [1.29, 1.82) is 0 Å². The van der Waals surface area contributed by atoms with E-state index in [-0.39, 0.29) is 5.56 Å². The molecule has 1 fully saturated rings. The molecule has 6 nitrogen and oxygen atoms in total. The van der Waals surface area contributed by atoms with Gasteiger partial charge in [-0.25, -0.2) is 4.98 Å². The van der Waals surface area contributed by atoms with Gasteiger partial charge in [-0.05, 0) is 63.6 Å². The highest BCUT2D eigenvalue weighted by molar-refractivity contribution is 7.19. The Morgan fingerprint density at radius 1 is 1.28 bits per heavy atom. The highest BCUT2D eigenvalue weighted by Gasteiger charge is 2.19. The summed E-state index contributed by atoms with van der Waals surface area (Å²) in [5.74, 6) is 1.27. The number of hydrogen-bond donors (Lipinski definition) is 0. The minimum absolute atomic E-state index is 0.101. The van der Waals surface area contributed by atoms with Crippen molar-refractivity contribution in [1.82, 2.24) is 14.5 Å². The minimum Gasteiger partial charge on any atom is -0.493 e. The zero-order valence-electron chi connectivity index (χ0n) is 18.8. The quantitative estimate of drug-likeness (QED) is 0.456. The molecule has 0 saturated carbocycles. The van der Waals surface area contributed by atoms with E-state index < -0.39 is 0 Å². The monoisotopic (exact) mass is 451 g/mol. The third-order valence-corrected chi connectivity index (χ3v) is 7.11. The number of aromatic nitrogens is 2. The molecule has 2 aromatic heterocycles. The number of fused-ring (bicyclic) bond motifs is 1. The molecule has 7 heteroatoms. The van der Waals surface area contributed by atoms with Crippen LogP contribution in [-0.2, 0) is 0 Å². The number of nitrogens with zero attached hydrogens (tertiary/aromatic N) is 3. The lowest BCUT2D eigenvalue weighted by molar-refractivity contribution is 0.169. The molecule has 0 amide bonds. The van der Waals surface area contributed by atoms with Crippen molar-refractivity contribution in [3.63, 3.8) is 0 Å². The molecule has 0 N–H and O–H groups in total. The molecule has 1 aliphatic heterocycles. The van der Waals surface area contributed by atoms with E-state index in [4.69, 9.17) is 9.47 Å². The Hall–Kier alpha value is -2.90. The summed E-state index contributed by atoms with van der Waals surface area (Å²) in [6, 6.07) is 7.84. The predicted molar refractivity (Wildman–Crippen MR) is 131 cm³/mol. The van der Waals surface area contributed by atoms with Crippen molar-refractivity contribution in [3.8, 4) is 17.2 Å². The van der Waals surface area contributed by atoms with Gasteiger partial charge in [-0.3, -0.25) is 14.3 Å². The molecule has 0 radical (unpaired) electrons. The summed E-state index contributed by atoms with van der Waals surface area (Å²) in [4.78, 5) is 21.1. The minimum atomic E-state index is -0.101. The average molecular weight is 452 g/mol. The number of methoxy groups -OCH3 is 1. The Morgan fingerprint density at radius 2 is 2.06 bits per heavy atom. The van der Waals surface area contributed by atoms with Crippen LogP contribution in [0.5, 0.6) is 11.5 Å². The molecule has 32 heavy (non-hydrogen) atoms. The summed E-state index contributed by atoms with van der Waals surface area (Å²) in [6.45, 7) is 10.8. The second-order valence-electron chi connectivity index (χ2n) is 8.07. The molecule has 1 aromatic carbocycles. The van der Waals surface area contributed by atoms with Crippen LogP contribution in [0.2, 0.25) is 0 Å². The number of rotatable bonds is 8. The Balaban J connectivity index is 1.60. The summed E-state index contributed by atoms with van der Waals surface area (Å²) >= 11 is 1.44. The zero-order valence-corrected chi connectivity index (χ0v) is 19.7. The first kappa shape index (κ1) is 22.3. The highest BCUT2D eigenvalue weighted by atomic mass is 32.1. The van der Waals surface area contributed by atoms with Crippen LogP contribution in [0.15, 0.2) is 54.1 Å². The van der Waals surface area contributed by atoms with E-state index >= 15 is 0 Å². The second-order valence-corrected chi connectivity index (χ2v) is 9.12. The van der Waals surface area contributed by atoms with Gasteiger partial charge in [-0.2, -0.15) is 0 Å². The number of benzene rings is 1. The van der Waals surface area contributed by atoms with Crippen LogP contribution in [0, 0.1) is 0 Å². The number of hydrogen-bond acceptors (Lipinski definition) is 6. The van der Waals surface area contributed by atoms with Crippen molar-refractivity contribution in [3.05, 3.63) is 64.6 Å². The van der Waals surface area contributed by atoms with E-state index in [2.05, 4.69) is 23.4 Å². The van der Waals surface area contributed by atoms with E-state index in [0.717, 1.165) is 23.5 Å². The molecule has 1 aliphatic rings. The lowest BCUT2D eigenvalue weighted by atomic mass is 10.2. The van der Waals surface area contributed by atoms with Crippen LogP contribution in [0.4, 0.5) is 0 Å². The first-order chi connectivity index (χ1) is 15.5. The maximum Gasteiger partial charge on any atom is 0.275 e. The predicted octanol–water partition coefficient (Wildman–Crippen LogP) is 4.91. The van der Waals surface area contributed by atoms with Gasteiger partial charge in [0.15, 0.2) is 11.5 Å². The molecule has 0 aliphatic carbocycles. The SMILES string of the molecule is C=C/C=C(\C)c1cc2ncn(-c3ccc(OCC(C)N4CCCC4)c(OC)c3)c(=O)c2s1. The summed E-state index contributed by atoms with van der Waals surface area (Å²) in [5, 5.41) is 0. The normalized spacial score (nSPS) is 15.8. The van der Waals surface area contributed by atoms with E-state index in [1.807, 2.05) is 37.3 Å². The van der Waals surface area contributed by atoms with Crippen molar-refractivity contribution >= 4 is 27.1 Å². The number of likely N-dealkylation sites (tertiary alicyclic amines) is 1. The Labute approximate surface area is 192 Å². The standard InChI is InChI=1S/C25H29N3O3S/c1-5-8-17(2)23-14-20-24(32-23)25(29)28(16-26-20)19-9-10-21(22(13-19)30-4)31-15-18(3)27-11-6-7-12-27/h5,8-10,13-14,16,18H,1,6-7,11-12,15H2,2-4H3/b17-8+. The largest absolute Gasteiger partial charge is 0.493 e. The lowest BCUT2D eigenvalue weighted by Gasteiger charge is -2.24. The van der Waals surface area contributed by atoms with Gasteiger partial charge in [0.1, 0.15) is 17.6 Å². The van der Waals surface area contributed by atoms with Crippen molar-refractivity contribution in [2.45, 2.75) is 32.7 Å². The van der Waals surface area contributed by atoms with Gasteiger partial charge in [-0.15, -0.1) is 11.3 Å². The molecule has 1 atom stereocenters. The van der Waals surface area contributed by atoms with E-state index in [0.29, 0.717) is 40.1 Å². The van der Waals surface area contributed by atoms with Gasteiger partial charge >= 0.3 is 0 Å². The molecule has 4 rings (SSSR count). The lowest BCUT2D eigenvalue weighted by Crippen LogP contribution is -2.34. The molecular weight excluding hydrogens is 422 g/mol. The molecule has 3 heterocycles. The van der Waals surface area contributed by atoms with Crippen molar-refractivity contribution in [2.24, 2.45) is 0 Å². The van der Waals surface area contributed by atoms with Gasteiger partial charge in [0.05, 0.1) is 18.3 Å². The Bertz CT molecular complexity index is 1200. The smallest absolute Gasteiger partial charge is 0.275 e. The van der Waals surface area contributed by atoms with Crippen LogP contribution < -0.4 is 15.0 Å². The molecule has 1 saturated heterocycles. The third-order valence-electron chi connectivity index (χ3n) is 5.86. The van der Waals surface area contributed by atoms with Crippen molar-refractivity contribution < 1.29 is 9.47 Å². The summed E-state index contributed by atoms with van der Waals surface area (Å²) in [6.07, 6.45) is 7.75. The topological polar surface area (TPSA) is 56.6 Å². The van der Waals surface area contributed by atoms with Gasteiger partial charge in [0.2, 0.25) is 0 Å². The van der Waals surface area contributed by atoms with Gasteiger partial charge in [0.25, 0.3) is 5.56 Å².